The molecule has 0 bridgehead atoms. The first-order valence-electron chi connectivity index (χ1n) is 8.35. The number of nitrogens with one attached hydrogen (secondary N) is 2. The summed E-state index contributed by atoms with van der Waals surface area (Å²) in [6.45, 7) is 4.38. The maximum atomic E-state index is 11.6. The molecular weight excluding hydrogens is 348 g/mol. The summed E-state index contributed by atoms with van der Waals surface area (Å²) < 4.78 is 4.70. The minimum Gasteiger partial charge on any atom is -0.464 e. The van der Waals surface area contributed by atoms with Crippen LogP contribution in [-0.2, 0) is 4.74 Å². The summed E-state index contributed by atoms with van der Waals surface area (Å²) in [6, 6.07) is 3.52. The molecule has 3 rings (SSSR count). The molecule has 8 nitrogen and oxygen atoms in total. The number of carbonyl (C=O) groups excluding carboxylic acids is 1. The molecule has 0 aliphatic heterocycles. The van der Waals surface area contributed by atoms with E-state index < -0.39 is 10.9 Å². The molecule has 2 N–H and O–H groups in total. The predicted molar refractivity (Wildman–Crippen MR) is 102 cm³/mol. The number of esters is 1. The van der Waals surface area contributed by atoms with Crippen molar-refractivity contribution < 1.29 is 14.5 Å². The Morgan fingerprint density at radius 3 is 2.89 bits per heavy atom. The molecule has 8 heteroatoms. The van der Waals surface area contributed by atoms with Gasteiger partial charge in [0.25, 0.3) is 5.70 Å². The Bertz CT molecular complexity index is 998. The molecule has 0 aromatic carbocycles. The Morgan fingerprint density at radius 2 is 2.19 bits per heavy atom. The van der Waals surface area contributed by atoms with Crippen LogP contribution >= 0.6 is 0 Å². The fourth-order valence-corrected chi connectivity index (χ4v) is 2.86. The summed E-state index contributed by atoms with van der Waals surface area (Å²) in [7, 11) is 1.32. The number of hydrogen-bond acceptors (Lipinski definition) is 6. The number of allylic oxidation sites excluding steroid dienone is 3. The van der Waals surface area contributed by atoms with Crippen molar-refractivity contribution in [1.29, 1.82) is 0 Å². The highest BCUT2D eigenvalue weighted by atomic mass is 16.6. The molecule has 2 heterocycles. The van der Waals surface area contributed by atoms with Gasteiger partial charge in [-0.15, -0.1) is 0 Å². The van der Waals surface area contributed by atoms with Crippen LogP contribution in [0.4, 0.5) is 5.69 Å². The monoisotopic (exact) mass is 368 g/mol. The van der Waals surface area contributed by atoms with Gasteiger partial charge in [0.05, 0.1) is 23.9 Å². The van der Waals surface area contributed by atoms with Gasteiger partial charge in [0.15, 0.2) is 0 Å². The van der Waals surface area contributed by atoms with Crippen LogP contribution in [-0.4, -0.2) is 34.5 Å². The molecule has 140 valence electrons. The Balaban J connectivity index is 1.81. The van der Waals surface area contributed by atoms with Crippen LogP contribution in [0.1, 0.15) is 24.3 Å². The molecule has 0 spiro atoms. The highest BCUT2D eigenvalue weighted by molar-refractivity contribution is 5.94. The smallest absolute Gasteiger partial charge is 0.354 e. The molecule has 27 heavy (non-hydrogen) atoms. The molecule has 0 radical (unpaired) electrons. The van der Waals surface area contributed by atoms with Crippen LogP contribution in [0.15, 0.2) is 53.9 Å². The lowest BCUT2D eigenvalue weighted by atomic mass is 9.91. The quantitative estimate of drug-likeness (QED) is 0.475. The molecular formula is C19H20N4O4. The van der Waals surface area contributed by atoms with Crippen molar-refractivity contribution in [2.24, 2.45) is 5.41 Å². The van der Waals surface area contributed by atoms with Crippen molar-refractivity contribution in [1.82, 2.24) is 9.97 Å². The summed E-state index contributed by atoms with van der Waals surface area (Å²) >= 11 is 0. The minimum atomic E-state index is -0.460. The second-order valence-electron chi connectivity index (χ2n) is 6.89. The first kappa shape index (κ1) is 18.4. The Kier molecular flexibility index (Phi) is 4.81. The van der Waals surface area contributed by atoms with E-state index in [9.17, 15) is 14.9 Å². The lowest BCUT2D eigenvalue weighted by molar-refractivity contribution is -0.419. The maximum Gasteiger partial charge on any atom is 0.354 e. The zero-order valence-corrected chi connectivity index (χ0v) is 15.3. The van der Waals surface area contributed by atoms with E-state index in [1.165, 1.54) is 13.2 Å². The molecule has 2 aromatic rings. The van der Waals surface area contributed by atoms with Gasteiger partial charge in [0.2, 0.25) is 0 Å². The van der Waals surface area contributed by atoms with Crippen molar-refractivity contribution in [2.45, 2.75) is 13.8 Å². The van der Waals surface area contributed by atoms with Crippen molar-refractivity contribution in [3.63, 3.8) is 0 Å². The van der Waals surface area contributed by atoms with Crippen LogP contribution < -0.4 is 5.32 Å². The first-order valence-corrected chi connectivity index (χ1v) is 8.35. The Hall–Kier alpha value is -3.42. The zero-order valence-electron chi connectivity index (χ0n) is 15.3. The van der Waals surface area contributed by atoms with Gasteiger partial charge in [-0.3, -0.25) is 10.1 Å². The fourth-order valence-electron chi connectivity index (χ4n) is 2.86. The molecule has 0 amide bonds. The lowest BCUT2D eigenvalue weighted by Crippen LogP contribution is -2.08. The second-order valence-corrected chi connectivity index (χ2v) is 6.89. The van der Waals surface area contributed by atoms with Gasteiger partial charge in [0.1, 0.15) is 11.3 Å². The third kappa shape index (κ3) is 4.22. The maximum absolute atomic E-state index is 11.6. The highest BCUT2D eigenvalue weighted by Gasteiger charge is 2.19. The number of aromatic nitrogens is 2. The number of ether oxygens (including phenoxy) is 1. The SMILES string of the molecule is COC(=O)c1cc2cc(NCC3=CC(C)(C)C=CC([N+](=O)[O-])=C3)cnc2[nH]1. The normalized spacial score (nSPS) is 15.7. The molecule has 0 atom stereocenters. The molecule has 2 aromatic heterocycles. The van der Waals surface area contributed by atoms with Crippen LogP contribution in [0, 0.1) is 15.5 Å². The number of anilines is 1. The van der Waals surface area contributed by atoms with Gasteiger partial charge in [-0.1, -0.05) is 26.0 Å². The number of H-pyrrole nitrogens is 1. The van der Waals surface area contributed by atoms with E-state index in [1.54, 1.807) is 18.3 Å². The topological polar surface area (TPSA) is 110 Å². The predicted octanol–water partition coefficient (Wildman–Crippen LogP) is 3.44. The molecule has 1 aliphatic rings. The highest BCUT2D eigenvalue weighted by Crippen LogP contribution is 2.27. The van der Waals surface area contributed by atoms with E-state index in [-0.39, 0.29) is 11.1 Å². The average molecular weight is 368 g/mol. The van der Waals surface area contributed by atoms with E-state index in [4.69, 9.17) is 4.74 Å². The summed E-state index contributed by atoms with van der Waals surface area (Å²) in [4.78, 5) is 29.6. The number of carbonyl (C=O) groups is 1. The van der Waals surface area contributed by atoms with Gasteiger partial charge in [-0.05, 0) is 17.7 Å². The number of hydrogen-bond donors (Lipinski definition) is 2. The van der Waals surface area contributed by atoms with Gasteiger partial charge >= 0.3 is 5.97 Å². The van der Waals surface area contributed by atoms with E-state index in [0.29, 0.717) is 17.9 Å². The second kappa shape index (κ2) is 7.06. The first-order chi connectivity index (χ1) is 12.8. The van der Waals surface area contributed by atoms with Crippen molar-refractivity contribution in [3.05, 3.63) is 69.7 Å². The van der Waals surface area contributed by atoms with Crippen molar-refractivity contribution in [2.75, 3.05) is 19.0 Å². The largest absolute Gasteiger partial charge is 0.464 e. The van der Waals surface area contributed by atoms with Crippen LogP contribution in [0.5, 0.6) is 0 Å². The van der Waals surface area contributed by atoms with Gasteiger partial charge in [-0.2, -0.15) is 0 Å². The van der Waals surface area contributed by atoms with Gasteiger partial charge < -0.3 is 15.0 Å². The van der Waals surface area contributed by atoms with Gasteiger partial charge in [-0.25, -0.2) is 9.78 Å². The van der Waals surface area contributed by atoms with E-state index in [0.717, 1.165) is 16.6 Å². The zero-order chi connectivity index (χ0) is 19.6. The number of aromatic amines is 1. The molecule has 0 saturated carbocycles. The third-order valence-corrected chi connectivity index (χ3v) is 4.16. The summed E-state index contributed by atoms with van der Waals surface area (Å²) in [5.41, 5.74) is 2.22. The summed E-state index contributed by atoms with van der Waals surface area (Å²) in [5, 5.41) is 15.1. The lowest BCUT2D eigenvalue weighted by Gasteiger charge is -2.15. The number of pyridine rings is 1. The standard InChI is InChI=1S/C19H20N4O4/c1-19(2)5-4-15(23(25)26)6-12(9-19)10-20-14-7-13-8-16(18(24)27-3)22-17(13)21-11-14/h4-9,11,20H,10H2,1-3H3,(H,21,22). The summed E-state index contributed by atoms with van der Waals surface area (Å²) in [6.07, 6.45) is 8.54. The molecule has 1 aliphatic carbocycles. The van der Waals surface area contributed by atoms with Crippen molar-refractivity contribution >= 4 is 22.7 Å². The van der Waals surface area contributed by atoms with Gasteiger partial charge in [0, 0.05) is 29.5 Å². The molecule has 0 saturated heterocycles. The average Bonchev–Trinajstić information content (AvgIpc) is 2.97. The number of methoxy groups -OCH3 is 1. The number of fused-ring (bicyclic) bond motifs is 1. The number of rotatable bonds is 5. The van der Waals surface area contributed by atoms with E-state index in [2.05, 4.69) is 15.3 Å². The van der Waals surface area contributed by atoms with Crippen molar-refractivity contribution in [3.8, 4) is 0 Å². The van der Waals surface area contributed by atoms with Crippen LogP contribution in [0.25, 0.3) is 11.0 Å². The van der Waals surface area contributed by atoms with Crippen LogP contribution in [0.2, 0.25) is 0 Å². The van der Waals surface area contributed by atoms with E-state index >= 15 is 0 Å². The molecule has 0 fully saturated rings. The number of nitro groups is 1. The molecule has 0 unspecified atom stereocenters. The minimum absolute atomic E-state index is 0.0514. The van der Waals surface area contributed by atoms with Crippen LogP contribution in [0.3, 0.4) is 0 Å². The Labute approximate surface area is 155 Å². The fraction of sp³-hybridized carbons (Fsp3) is 0.263. The third-order valence-electron chi connectivity index (χ3n) is 4.16. The Morgan fingerprint density at radius 1 is 1.41 bits per heavy atom. The van der Waals surface area contributed by atoms with E-state index in [1.807, 2.05) is 32.1 Å². The number of nitrogens with zero attached hydrogens (tertiary/aromatic N) is 2. The summed E-state index contributed by atoms with van der Waals surface area (Å²) in [5.74, 6) is -0.460.